The van der Waals surface area contributed by atoms with Gasteiger partial charge in [0.05, 0.1) is 0 Å². The molecule has 2 amide bonds. The molecule has 0 aromatic heterocycles. The summed E-state index contributed by atoms with van der Waals surface area (Å²) in [7, 11) is 0. The number of carbonyl (C=O) groups is 2. The van der Waals surface area contributed by atoms with Crippen LogP contribution >= 0.6 is 11.6 Å². The van der Waals surface area contributed by atoms with Gasteiger partial charge in [0.2, 0.25) is 5.91 Å². The van der Waals surface area contributed by atoms with Gasteiger partial charge >= 0.3 is 0 Å². The third-order valence-electron chi connectivity index (χ3n) is 6.28. The quantitative estimate of drug-likeness (QED) is 0.478. The summed E-state index contributed by atoms with van der Waals surface area (Å²) in [6, 6.07) is 21.0. The molecule has 178 valence electrons. The largest absolute Gasteiger partial charge is 0.350 e. The van der Waals surface area contributed by atoms with Gasteiger partial charge in [-0.1, -0.05) is 67.9 Å². The number of carbonyl (C=O) groups excluding carboxylic acids is 2. The van der Waals surface area contributed by atoms with Crippen molar-refractivity contribution in [1.29, 1.82) is 0 Å². The van der Waals surface area contributed by atoms with E-state index >= 15 is 0 Å². The lowest BCUT2D eigenvalue weighted by atomic mass is 10.0. The van der Waals surface area contributed by atoms with Gasteiger partial charge in [0.1, 0.15) is 6.04 Å². The molecule has 34 heavy (non-hydrogen) atoms. The first-order valence-electron chi connectivity index (χ1n) is 11.9. The molecule has 2 N–H and O–H groups in total. The molecule has 3 aromatic rings. The van der Waals surface area contributed by atoms with Crippen LogP contribution in [-0.4, -0.2) is 41.9 Å². The first-order valence-corrected chi connectivity index (χ1v) is 12.3. The van der Waals surface area contributed by atoms with Crippen molar-refractivity contribution in [2.75, 3.05) is 13.1 Å². The average molecular weight is 478 g/mol. The fraction of sp³-hybridized carbons (Fsp3) is 0.357. The lowest BCUT2D eigenvalue weighted by molar-refractivity contribution is -0.124. The van der Waals surface area contributed by atoms with Crippen molar-refractivity contribution in [3.8, 4) is 0 Å². The molecule has 0 radical (unpaired) electrons. The molecule has 1 aliphatic heterocycles. The Labute approximate surface area is 206 Å². The summed E-state index contributed by atoms with van der Waals surface area (Å²) in [6.45, 7) is 6.67. The van der Waals surface area contributed by atoms with Crippen molar-refractivity contribution < 1.29 is 9.59 Å². The van der Waals surface area contributed by atoms with Crippen LogP contribution in [0.3, 0.4) is 0 Å². The number of rotatable bonds is 8. The Kier molecular flexibility index (Phi) is 7.86. The highest BCUT2D eigenvalue weighted by Gasteiger charge is 2.28. The zero-order chi connectivity index (χ0) is 24.1. The minimum atomic E-state index is -0.565. The zero-order valence-corrected chi connectivity index (χ0v) is 20.5. The number of nitrogens with one attached hydrogen (secondary N) is 2. The van der Waals surface area contributed by atoms with Crippen LogP contribution in [0.2, 0.25) is 5.02 Å². The Hall–Kier alpha value is -2.89. The van der Waals surface area contributed by atoms with Crippen LogP contribution in [0.4, 0.5) is 0 Å². The predicted molar refractivity (Wildman–Crippen MR) is 138 cm³/mol. The van der Waals surface area contributed by atoms with E-state index in [0.29, 0.717) is 12.0 Å². The smallest absolute Gasteiger partial charge is 0.251 e. The maximum atomic E-state index is 13.2. The van der Waals surface area contributed by atoms with E-state index in [1.165, 1.54) is 5.56 Å². The third kappa shape index (κ3) is 6.37. The first-order chi connectivity index (χ1) is 16.4. The van der Waals surface area contributed by atoms with Crippen LogP contribution < -0.4 is 10.6 Å². The highest BCUT2D eigenvalue weighted by molar-refractivity contribution is 6.30. The molecule has 4 rings (SSSR count). The fourth-order valence-corrected chi connectivity index (χ4v) is 4.64. The second kappa shape index (κ2) is 11.0. The highest BCUT2D eigenvalue weighted by Crippen LogP contribution is 2.18. The average Bonchev–Trinajstić information content (AvgIpc) is 3.26. The molecule has 3 aromatic carbocycles. The predicted octanol–water partition coefficient (Wildman–Crippen LogP) is 5.03. The third-order valence-corrected chi connectivity index (χ3v) is 6.53. The maximum Gasteiger partial charge on any atom is 0.251 e. The standard InChI is InChI=1S/C28H32ClN3O2/c1-19(2)15-26(31-27(33)23-10-9-21-5-3-4-6-22(21)16-23)28(34)30-25-13-14-32(18-25)17-20-7-11-24(29)12-8-20/h3-12,16,19,25-26H,13-15,17-18H2,1-2H3,(H,30,34)(H,31,33)/t25-,26-/m0/s1. The number of likely N-dealkylation sites (tertiary alicyclic amines) is 1. The van der Waals surface area contributed by atoms with Crippen LogP contribution in [0, 0.1) is 5.92 Å². The fourth-order valence-electron chi connectivity index (χ4n) is 4.52. The van der Waals surface area contributed by atoms with Crippen LogP contribution in [0.5, 0.6) is 0 Å². The molecule has 1 aliphatic rings. The van der Waals surface area contributed by atoms with Gasteiger partial charge in [-0.2, -0.15) is 0 Å². The molecule has 0 aliphatic carbocycles. The summed E-state index contributed by atoms with van der Waals surface area (Å²) >= 11 is 5.98. The van der Waals surface area contributed by atoms with E-state index in [4.69, 9.17) is 11.6 Å². The SMILES string of the molecule is CC(C)C[C@H](NC(=O)c1ccc2ccccc2c1)C(=O)N[C@H]1CCN(Cc2ccc(Cl)cc2)C1. The maximum absolute atomic E-state index is 13.2. The lowest BCUT2D eigenvalue weighted by Gasteiger charge is -2.23. The second-order valence-corrected chi connectivity index (χ2v) is 10.0. The van der Waals surface area contributed by atoms with E-state index in [-0.39, 0.29) is 23.8 Å². The molecule has 0 bridgehead atoms. The Morgan fingerprint density at radius 3 is 2.50 bits per heavy atom. The number of nitrogens with zero attached hydrogens (tertiary/aromatic N) is 1. The van der Waals surface area contributed by atoms with Crippen LogP contribution in [0.15, 0.2) is 66.7 Å². The summed E-state index contributed by atoms with van der Waals surface area (Å²) in [5, 5.41) is 8.98. The van der Waals surface area contributed by atoms with Crippen molar-refractivity contribution in [1.82, 2.24) is 15.5 Å². The molecule has 1 saturated heterocycles. The molecule has 1 heterocycles. The van der Waals surface area contributed by atoms with Gasteiger partial charge in [-0.15, -0.1) is 0 Å². The van der Waals surface area contributed by atoms with Crippen molar-refractivity contribution in [3.05, 3.63) is 82.9 Å². The highest BCUT2D eigenvalue weighted by atomic mass is 35.5. The van der Waals surface area contributed by atoms with E-state index in [1.807, 2.05) is 66.7 Å². The van der Waals surface area contributed by atoms with E-state index in [2.05, 4.69) is 29.4 Å². The summed E-state index contributed by atoms with van der Waals surface area (Å²) in [6.07, 6.45) is 1.48. The number of fused-ring (bicyclic) bond motifs is 1. The number of amides is 2. The minimum Gasteiger partial charge on any atom is -0.350 e. The Balaban J connectivity index is 1.36. The molecular weight excluding hydrogens is 446 g/mol. The second-order valence-electron chi connectivity index (χ2n) is 9.57. The lowest BCUT2D eigenvalue weighted by Crippen LogP contribution is -2.50. The van der Waals surface area contributed by atoms with Gasteiger partial charge in [-0.3, -0.25) is 14.5 Å². The molecule has 5 nitrogen and oxygen atoms in total. The summed E-state index contributed by atoms with van der Waals surface area (Å²) < 4.78 is 0. The number of benzene rings is 3. The Morgan fingerprint density at radius 1 is 1.03 bits per heavy atom. The van der Waals surface area contributed by atoms with Gasteiger partial charge in [0, 0.05) is 36.3 Å². The minimum absolute atomic E-state index is 0.0760. The number of hydrogen-bond donors (Lipinski definition) is 2. The van der Waals surface area contributed by atoms with E-state index in [1.54, 1.807) is 0 Å². The Bertz CT molecular complexity index is 1150. The van der Waals surface area contributed by atoms with E-state index in [9.17, 15) is 9.59 Å². The van der Waals surface area contributed by atoms with Crippen molar-refractivity contribution in [2.24, 2.45) is 5.92 Å². The normalized spacial score (nSPS) is 17.1. The van der Waals surface area contributed by atoms with Gasteiger partial charge in [0.25, 0.3) is 5.91 Å². The molecule has 0 spiro atoms. The Morgan fingerprint density at radius 2 is 1.76 bits per heavy atom. The molecule has 6 heteroatoms. The molecule has 1 fully saturated rings. The van der Waals surface area contributed by atoms with E-state index < -0.39 is 6.04 Å². The molecule has 0 saturated carbocycles. The summed E-state index contributed by atoms with van der Waals surface area (Å²) in [4.78, 5) is 28.5. The molecule has 0 unspecified atom stereocenters. The number of hydrogen-bond acceptors (Lipinski definition) is 3. The molecule has 2 atom stereocenters. The number of halogens is 1. The van der Waals surface area contributed by atoms with Crippen LogP contribution in [-0.2, 0) is 11.3 Å². The first kappa shape index (κ1) is 24.2. The van der Waals surface area contributed by atoms with E-state index in [0.717, 1.165) is 41.9 Å². The monoisotopic (exact) mass is 477 g/mol. The van der Waals surface area contributed by atoms with Crippen molar-refractivity contribution >= 4 is 34.2 Å². The van der Waals surface area contributed by atoms with Crippen molar-refractivity contribution in [2.45, 2.75) is 45.3 Å². The molecular formula is C28H32ClN3O2. The van der Waals surface area contributed by atoms with Gasteiger partial charge in [-0.05, 0) is 59.4 Å². The zero-order valence-electron chi connectivity index (χ0n) is 19.8. The summed E-state index contributed by atoms with van der Waals surface area (Å²) in [5.41, 5.74) is 1.77. The topological polar surface area (TPSA) is 61.4 Å². The van der Waals surface area contributed by atoms with Crippen LogP contribution in [0.25, 0.3) is 10.8 Å². The van der Waals surface area contributed by atoms with Gasteiger partial charge in [-0.25, -0.2) is 0 Å². The summed E-state index contributed by atoms with van der Waals surface area (Å²) in [5.74, 6) is -0.0545. The van der Waals surface area contributed by atoms with Crippen LogP contribution in [0.1, 0.15) is 42.6 Å². The van der Waals surface area contributed by atoms with Crippen molar-refractivity contribution in [3.63, 3.8) is 0 Å². The van der Waals surface area contributed by atoms with Gasteiger partial charge in [0.15, 0.2) is 0 Å². The van der Waals surface area contributed by atoms with Gasteiger partial charge < -0.3 is 10.6 Å².